The first kappa shape index (κ1) is 37.1. The number of pyridine rings is 2. The SMILES string of the molecule is c1cc(-c2cnc3c(ccc4cc(-n5c6ccccc6c6c7ccccc7ccc65)ccc43)c2)cc(-c2cnc3c(ccc4cc(-n5c6ccccc6c6c7ccccc7ccc65)ccc43)c2)c1. The molecule has 314 valence electrons. The van der Waals surface area contributed by atoms with Gasteiger partial charge in [0, 0.05) is 78.0 Å². The Labute approximate surface area is 390 Å². The molecule has 0 unspecified atom stereocenters. The molecule has 0 saturated heterocycles. The van der Waals surface area contributed by atoms with Gasteiger partial charge in [-0.2, -0.15) is 0 Å². The van der Waals surface area contributed by atoms with Gasteiger partial charge >= 0.3 is 0 Å². The predicted octanol–water partition coefficient (Wildman–Crippen LogP) is 16.9. The summed E-state index contributed by atoms with van der Waals surface area (Å²) in [5, 5.41) is 17.0. The molecule has 0 fully saturated rings. The smallest absolute Gasteiger partial charge is 0.0780 e. The van der Waals surface area contributed by atoms with Gasteiger partial charge in [-0.15, -0.1) is 0 Å². The molecule has 4 heterocycles. The van der Waals surface area contributed by atoms with Crippen LogP contribution in [-0.4, -0.2) is 19.1 Å². The van der Waals surface area contributed by atoms with Crippen molar-refractivity contribution in [3.8, 4) is 33.6 Å². The number of aromatic nitrogens is 4. The molecule has 68 heavy (non-hydrogen) atoms. The molecule has 4 aromatic heterocycles. The second-order valence-electron chi connectivity index (χ2n) is 18.2. The fourth-order valence-corrected chi connectivity index (χ4v) is 11.3. The molecular formula is C64H38N4. The molecule has 0 aliphatic rings. The van der Waals surface area contributed by atoms with Crippen LogP contribution in [0.3, 0.4) is 0 Å². The van der Waals surface area contributed by atoms with E-state index in [1.807, 2.05) is 12.4 Å². The lowest BCUT2D eigenvalue weighted by molar-refractivity contribution is 1.19. The van der Waals surface area contributed by atoms with E-state index in [-0.39, 0.29) is 0 Å². The van der Waals surface area contributed by atoms with Crippen LogP contribution in [0.25, 0.3) is 142 Å². The van der Waals surface area contributed by atoms with Gasteiger partial charge in [-0.3, -0.25) is 9.97 Å². The minimum Gasteiger partial charge on any atom is -0.309 e. The molecule has 0 atom stereocenters. The third-order valence-electron chi connectivity index (χ3n) is 14.5. The average Bonchev–Trinajstić information content (AvgIpc) is 3.94. The molecule has 0 saturated carbocycles. The summed E-state index contributed by atoms with van der Waals surface area (Å²) in [5.74, 6) is 0. The summed E-state index contributed by atoms with van der Waals surface area (Å²) in [5.41, 5.74) is 13.5. The van der Waals surface area contributed by atoms with Crippen LogP contribution >= 0.6 is 0 Å². The number of fused-ring (bicyclic) bond motifs is 16. The van der Waals surface area contributed by atoms with Crippen molar-refractivity contribution >= 4 is 109 Å². The van der Waals surface area contributed by atoms with Crippen molar-refractivity contribution in [2.75, 3.05) is 0 Å². The predicted molar refractivity (Wildman–Crippen MR) is 287 cm³/mol. The van der Waals surface area contributed by atoms with E-state index in [4.69, 9.17) is 9.97 Å². The molecule has 0 radical (unpaired) electrons. The fourth-order valence-electron chi connectivity index (χ4n) is 11.3. The zero-order chi connectivity index (χ0) is 44.5. The van der Waals surface area contributed by atoms with Gasteiger partial charge in [-0.1, -0.05) is 152 Å². The van der Waals surface area contributed by atoms with Crippen molar-refractivity contribution in [2.45, 2.75) is 0 Å². The molecule has 0 spiro atoms. The summed E-state index contributed by atoms with van der Waals surface area (Å²) in [6.07, 6.45) is 4.04. The second-order valence-corrected chi connectivity index (χ2v) is 18.2. The zero-order valence-corrected chi connectivity index (χ0v) is 36.7. The van der Waals surface area contributed by atoms with E-state index in [9.17, 15) is 0 Å². The maximum absolute atomic E-state index is 5.13. The molecule has 0 bridgehead atoms. The topological polar surface area (TPSA) is 35.6 Å². The van der Waals surface area contributed by atoms with Crippen molar-refractivity contribution in [2.24, 2.45) is 0 Å². The van der Waals surface area contributed by atoms with E-state index in [2.05, 4.69) is 228 Å². The summed E-state index contributed by atoms with van der Waals surface area (Å²) in [6.45, 7) is 0. The monoisotopic (exact) mass is 862 g/mol. The lowest BCUT2D eigenvalue weighted by Crippen LogP contribution is -1.94. The van der Waals surface area contributed by atoms with Crippen molar-refractivity contribution in [1.29, 1.82) is 0 Å². The summed E-state index contributed by atoms with van der Waals surface area (Å²) in [7, 11) is 0. The van der Waals surface area contributed by atoms with Crippen LogP contribution in [0.5, 0.6) is 0 Å². The lowest BCUT2D eigenvalue weighted by Gasteiger charge is -2.12. The highest BCUT2D eigenvalue weighted by Crippen LogP contribution is 2.40. The Morgan fingerprint density at radius 3 is 1.18 bits per heavy atom. The minimum absolute atomic E-state index is 1.00. The van der Waals surface area contributed by atoms with Gasteiger partial charge in [0.2, 0.25) is 0 Å². The van der Waals surface area contributed by atoms with Crippen LogP contribution in [-0.2, 0) is 0 Å². The van der Waals surface area contributed by atoms with Gasteiger partial charge in [0.1, 0.15) is 0 Å². The van der Waals surface area contributed by atoms with E-state index in [1.54, 1.807) is 0 Å². The van der Waals surface area contributed by atoms with Crippen molar-refractivity contribution in [1.82, 2.24) is 19.1 Å². The molecule has 0 N–H and O–H groups in total. The number of rotatable bonds is 4. The first-order valence-electron chi connectivity index (χ1n) is 23.3. The van der Waals surface area contributed by atoms with Crippen LogP contribution in [0.15, 0.2) is 231 Å². The molecule has 0 aliphatic heterocycles. The number of hydrogen-bond donors (Lipinski definition) is 0. The first-order chi connectivity index (χ1) is 33.7. The van der Waals surface area contributed by atoms with Crippen LogP contribution in [0.1, 0.15) is 0 Å². The standard InChI is InChI=1S/C64H38N4/c1-3-14-51-39(10-1)24-30-59-61(51)55-16-5-7-18-57(55)67(59)49-26-28-53-43(35-49)20-22-45-33-47(37-65-63(45)53)41-12-9-13-42(32-41)48-34-46-23-21-44-36-50(27-29-54(44)64(46)66-38-48)68-58-19-8-6-17-56(58)62-52-15-4-2-11-40(52)25-31-60(62)68/h1-38H. The highest BCUT2D eigenvalue weighted by atomic mass is 15.0. The maximum Gasteiger partial charge on any atom is 0.0780 e. The molecule has 0 aliphatic carbocycles. The Kier molecular flexibility index (Phi) is 7.75. The lowest BCUT2D eigenvalue weighted by atomic mass is 9.97. The Hall–Kier alpha value is -9.12. The molecule has 0 amide bonds. The Balaban J connectivity index is 0.764. The van der Waals surface area contributed by atoms with Gasteiger partial charge in [0.05, 0.1) is 33.1 Å². The van der Waals surface area contributed by atoms with E-state index in [0.29, 0.717) is 0 Å². The van der Waals surface area contributed by atoms with Crippen molar-refractivity contribution in [3.05, 3.63) is 231 Å². The van der Waals surface area contributed by atoms with E-state index < -0.39 is 0 Å². The van der Waals surface area contributed by atoms with Gasteiger partial charge in [-0.25, -0.2) is 0 Å². The number of nitrogens with zero attached hydrogens (tertiary/aromatic N) is 4. The summed E-state index contributed by atoms with van der Waals surface area (Å²) < 4.78 is 4.81. The molecule has 4 nitrogen and oxygen atoms in total. The molecular weight excluding hydrogens is 825 g/mol. The van der Waals surface area contributed by atoms with E-state index in [0.717, 1.165) is 77.0 Å². The van der Waals surface area contributed by atoms with Crippen LogP contribution < -0.4 is 0 Å². The molecule has 15 rings (SSSR count). The highest BCUT2D eigenvalue weighted by molar-refractivity contribution is 6.23. The first-order valence-corrected chi connectivity index (χ1v) is 23.3. The van der Waals surface area contributed by atoms with Crippen molar-refractivity contribution < 1.29 is 0 Å². The molecule has 11 aromatic carbocycles. The second kappa shape index (κ2) is 14.2. The molecule has 15 aromatic rings. The number of hydrogen-bond acceptors (Lipinski definition) is 2. The van der Waals surface area contributed by atoms with Crippen molar-refractivity contribution in [3.63, 3.8) is 0 Å². The van der Waals surface area contributed by atoms with Crippen LogP contribution in [0, 0.1) is 0 Å². The molecule has 4 heteroatoms. The number of benzene rings is 11. The van der Waals surface area contributed by atoms with E-state index in [1.165, 1.54) is 65.2 Å². The van der Waals surface area contributed by atoms with Gasteiger partial charge < -0.3 is 9.13 Å². The third kappa shape index (κ3) is 5.43. The Morgan fingerprint density at radius 2 is 0.676 bits per heavy atom. The Morgan fingerprint density at radius 1 is 0.250 bits per heavy atom. The number of para-hydroxylation sites is 2. The van der Waals surface area contributed by atoms with Gasteiger partial charge in [0.15, 0.2) is 0 Å². The minimum atomic E-state index is 1.00. The van der Waals surface area contributed by atoms with Gasteiger partial charge in [0.25, 0.3) is 0 Å². The van der Waals surface area contributed by atoms with Crippen LogP contribution in [0.4, 0.5) is 0 Å². The average molecular weight is 863 g/mol. The highest BCUT2D eigenvalue weighted by Gasteiger charge is 2.18. The Bertz CT molecular complexity index is 4340. The largest absolute Gasteiger partial charge is 0.309 e. The summed E-state index contributed by atoms with van der Waals surface area (Å²) in [6, 6.07) is 79.7. The zero-order valence-electron chi connectivity index (χ0n) is 36.7. The summed E-state index contributed by atoms with van der Waals surface area (Å²) >= 11 is 0. The van der Waals surface area contributed by atoms with Crippen LogP contribution in [0.2, 0.25) is 0 Å². The fraction of sp³-hybridized carbons (Fsp3) is 0. The van der Waals surface area contributed by atoms with Gasteiger partial charge in [-0.05, 0) is 110 Å². The maximum atomic E-state index is 5.13. The third-order valence-corrected chi connectivity index (χ3v) is 14.5. The summed E-state index contributed by atoms with van der Waals surface area (Å²) in [4.78, 5) is 10.3. The van der Waals surface area contributed by atoms with E-state index >= 15 is 0 Å². The normalized spacial score (nSPS) is 12.1. The quantitative estimate of drug-likeness (QED) is 0.165.